The van der Waals surface area contributed by atoms with Gasteiger partial charge in [-0.2, -0.15) is 4.98 Å². The van der Waals surface area contributed by atoms with Crippen LogP contribution in [0, 0.1) is 12.7 Å². The van der Waals surface area contributed by atoms with E-state index >= 15 is 0 Å². The Hall–Kier alpha value is -2.93. The van der Waals surface area contributed by atoms with Crippen LogP contribution in [0.2, 0.25) is 0 Å². The molecule has 1 aliphatic rings. The van der Waals surface area contributed by atoms with Gasteiger partial charge in [0.25, 0.3) is 5.56 Å². The second-order valence-electron chi connectivity index (χ2n) is 7.12. The lowest BCUT2D eigenvalue weighted by atomic mass is 9.86. The van der Waals surface area contributed by atoms with Gasteiger partial charge in [-0.1, -0.05) is 59.8 Å². The summed E-state index contributed by atoms with van der Waals surface area (Å²) in [5.41, 5.74) is 2.66. The predicted octanol–water partition coefficient (Wildman–Crippen LogP) is 3.99. The third kappa shape index (κ3) is 3.82. The summed E-state index contributed by atoms with van der Waals surface area (Å²) in [6, 6.07) is 14.3. The molecule has 0 aliphatic carbocycles. The lowest BCUT2D eigenvalue weighted by molar-refractivity contribution is -0.116. The third-order valence-electron chi connectivity index (χ3n) is 5.06. The van der Waals surface area contributed by atoms with Crippen molar-refractivity contribution >= 4 is 23.5 Å². The zero-order valence-electron chi connectivity index (χ0n) is 16.1. The fourth-order valence-electron chi connectivity index (χ4n) is 3.59. The Morgan fingerprint density at radius 2 is 2.00 bits per heavy atom. The Labute approximate surface area is 172 Å². The second kappa shape index (κ2) is 7.83. The summed E-state index contributed by atoms with van der Waals surface area (Å²) >= 11 is 1.26. The van der Waals surface area contributed by atoms with Gasteiger partial charge in [0.05, 0.1) is 5.56 Å². The maximum atomic E-state index is 13.9. The van der Waals surface area contributed by atoms with Gasteiger partial charge >= 0.3 is 0 Å². The van der Waals surface area contributed by atoms with Crippen molar-refractivity contribution in [2.45, 2.75) is 30.2 Å². The molecule has 1 unspecified atom stereocenters. The van der Waals surface area contributed by atoms with Crippen molar-refractivity contribution in [3.8, 4) is 0 Å². The van der Waals surface area contributed by atoms with Crippen molar-refractivity contribution in [3.63, 3.8) is 0 Å². The quantitative estimate of drug-likeness (QED) is 0.523. The van der Waals surface area contributed by atoms with E-state index < -0.39 is 0 Å². The standard InChI is InChI=1S/C22H20FN3O2S/c1-13-6-5-8-14(10-13)16-11-18(27)24-20-19(16)21(28)25-22(26(20)2)29-12-15-7-3-4-9-17(15)23/h3-10,16H,11-12H2,1-2H3,(H,24,27). The summed E-state index contributed by atoms with van der Waals surface area (Å²) in [6.45, 7) is 1.98. The Balaban J connectivity index is 1.73. The van der Waals surface area contributed by atoms with E-state index in [1.54, 1.807) is 29.8 Å². The van der Waals surface area contributed by atoms with E-state index in [1.165, 1.54) is 17.8 Å². The van der Waals surface area contributed by atoms with Crippen LogP contribution in [0.25, 0.3) is 0 Å². The summed E-state index contributed by atoms with van der Waals surface area (Å²) in [7, 11) is 1.76. The molecule has 0 spiro atoms. The first kappa shape index (κ1) is 19.4. The van der Waals surface area contributed by atoms with Gasteiger partial charge in [0.1, 0.15) is 11.6 Å². The number of halogens is 1. The van der Waals surface area contributed by atoms with Crippen LogP contribution in [-0.4, -0.2) is 15.5 Å². The van der Waals surface area contributed by atoms with E-state index in [-0.39, 0.29) is 29.6 Å². The number of hydrogen-bond donors (Lipinski definition) is 1. The molecular weight excluding hydrogens is 389 g/mol. The van der Waals surface area contributed by atoms with Crippen LogP contribution in [0.3, 0.4) is 0 Å². The Kier molecular flexibility index (Phi) is 5.24. The van der Waals surface area contributed by atoms with Gasteiger partial charge in [0.15, 0.2) is 5.16 Å². The van der Waals surface area contributed by atoms with E-state index in [4.69, 9.17) is 0 Å². The molecule has 4 rings (SSSR count). The number of benzene rings is 2. The molecule has 1 atom stereocenters. The molecule has 148 valence electrons. The molecule has 2 heterocycles. The van der Waals surface area contributed by atoms with Crippen LogP contribution >= 0.6 is 11.8 Å². The highest BCUT2D eigenvalue weighted by Crippen LogP contribution is 2.36. The minimum Gasteiger partial charge on any atom is -0.312 e. The zero-order valence-corrected chi connectivity index (χ0v) is 16.9. The van der Waals surface area contributed by atoms with Gasteiger partial charge in [-0.3, -0.25) is 9.59 Å². The van der Waals surface area contributed by atoms with Crippen LogP contribution in [0.5, 0.6) is 0 Å². The topological polar surface area (TPSA) is 64.0 Å². The lowest BCUT2D eigenvalue weighted by Crippen LogP contribution is -2.33. The SMILES string of the molecule is Cc1cccc(C2CC(=O)Nc3c2c(=O)nc(SCc2ccccc2F)n3C)c1. The molecular formula is C22H20FN3O2S. The summed E-state index contributed by atoms with van der Waals surface area (Å²) in [4.78, 5) is 29.6. The highest BCUT2D eigenvalue weighted by Gasteiger charge is 2.32. The van der Waals surface area contributed by atoms with E-state index in [0.717, 1.165) is 11.1 Å². The van der Waals surface area contributed by atoms with Crippen LogP contribution < -0.4 is 10.9 Å². The number of nitrogens with one attached hydrogen (secondary N) is 1. The van der Waals surface area contributed by atoms with Crippen LogP contribution in [0.15, 0.2) is 58.5 Å². The number of carbonyl (C=O) groups excluding carboxylic acids is 1. The number of aryl methyl sites for hydroxylation is 1. The van der Waals surface area contributed by atoms with Gasteiger partial charge in [-0.05, 0) is 24.1 Å². The van der Waals surface area contributed by atoms with Gasteiger partial charge in [0.2, 0.25) is 5.91 Å². The normalized spacial score (nSPS) is 15.7. The molecule has 0 bridgehead atoms. The minimum atomic E-state index is -0.361. The molecule has 3 aromatic rings. The smallest absolute Gasteiger partial charge is 0.279 e. The molecule has 5 nitrogen and oxygen atoms in total. The molecule has 0 saturated heterocycles. The van der Waals surface area contributed by atoms with Crippen molar-refractivity contribution in [2.24, 2.45) is 7.05 Å². The van der Waals surface area contributed by atoms with Crippen LogP contribution in [0.1, 0.15) is 34.6 Å². The predicted molar refractivity (Wildman–Crippen MR) is 112 cm³/mol. The highest BCUT2D eigenvalue weighted by molar-refractivity contribution is 7.98. The number of fused-ring (bicyclic) bond motifs is 1. The largest absolute Gasteiger partial charge is 0.312 e. The van der Waals surface area contributed by atoms with Crippen LogP contribution in [0.4, 0.5) is 10.2 Å². The molecule has 1 amide bonds. The van der Waals surface area contributed by atoms with E-state index in [0.29, 0.717) is 27.9 Å². The maximum absolute atomic E-state index is 13.9. The fraction of sp³-hybridized carbons (Fsp3) is 0.227. The Morgan fingerprint density at radius 3 is 2.76 bits per heavy atom. The number of anilines is 1. The first-order valence-corrected chi connectivity index (χ1v) is 10.3. The summed E-state index contributed by atoms with van der Waals surface area (Å²) in [5.74, 6) is 0.0198. The van der Waals surface area contributed by atoms with Crippen molar-refractivity contribution in [1.29, 1.82) is 0 Å². The fourth-order valence-corrected chi connectivity index (χ4v) is 4.54. The van der Waals surface area contributed by atoms with Crippen molar-refractivity contribution < 1.29 is 9.18 Å². The monoisotopic (exact) mass is 409 g/mol. The van der Waals surface area contributed by atoms with Gasteiger partial charge in [0, 0.05) is 25.1 Å². The molecule has 2 aromatic carbocycles. The molecule has 0 radical (unpaired) electrons. The number of carbonyl (C=O) groups is 1. The molecule has 0 saturated carbocycles. The minimum absolute atomic E-state index is 0.143. The zero-order chi connectivity index (χ0) is 20.5. The van der Waals surface area contributed by atoms with Crippen molar-refractivity contribution in [3.05, 3.63) is 87.0 Å². The number of thioether (sulfide) groups is 1. The summed E-state index contributed by atoms with van der Waals surface area (Å²) < 4.78 is 15.6. The molecule has 0 fully saturated rings. The Bertz CT molecular complexity index is 1160. The first-order chi connectivity index (χ1) is 13.9. The van der Waals surface area contributed by atoms with E-state index in [1.807, 2.05) is 31.2 Å². The Morgan fingerprint density at radius 1 is 1.21 bits per heavy atom. The molecule has 1 aliphatic heterocycles. The maximum Gasteiger partial charge on any atom is 0.279 e. The van der Waals surface area contributed by atoms with Gasteiger partial charge in [-0.15, -0.1) is 0 Å². The number of hydrogen-bond acceptors (Lipinski definition) is 4. The summed E-state index contributed by atoms with van der Waals surface area (Å²) in [6.07, 6.45) is 0.203. The average molecular weight is 409 g/mol. The molecule has 29 heavy (non-hydrogen) atoms. The molecule has 1 aromatic heterocycles. The number of aromatic nitrogens is 2. The van der Waals surface area contributed by atoms with E-state index in [2.05, 4.69) is 10.3 Å². The van der Waals surface area contributed by atoms with Crippen molar-refractivity contribution in [2.75, 3.05) is 5.32 Å². The van der Waals surface area contributed by atoms with Crippen molar-refractivity contribution in [1.82, 2.24) is 9.55 Å². The third-order valence-corrected chi connectivity index (χ3v) is 6.14. The first-order valence-electron chi connectivity index (χ1n) is 9.27. The van der Waals surface area contributed by atoms with Gasteiger partial charge in [-0.25, -0.2) is 4.39 Å². The molecule has 7 heteroatoms. The summed E-state index contributed by atoms with van der Waals surface area (Å²) in [5, 5.41) is 3.26. The number of nitrogens with zero attached hydrogens (tertiary/aromatic N) is 2. The number of rotatable bonds is 4. The number of amides is 1. The van der Waals surface area contributed by atoms with Gasteiger partial charge < -0.3 is 9.88 Å². The highest BCUT2D eigenvalue weighted by atomic mass is 32.2. The average Bonchev–Trinajstić information content (AvgIpc) is 2.70. The molecule has 1 N–H and O–H groups in total. The lowest BCUT2D eigenvalue weighted by Gasteiger charge is -2.27. The van der Waals surface area contributed by atoms with Crippen LogP contribution in [-0.2, 0) is 17.6 Å². The van der Waals surface area contributed by atoms with E-state index in [9.17, 15) is 14.0 Å². The second-order valence-corrected chi connectivity index (χ2v) is 8.06.